The normalized spacial score (nSPS) is 33.0. The van der Waals surface area contributed by atoms with Gasteiger partial charge in [0.2, 0.25) is 0 Å². The maximum Gasteiger partial charge on any atom is 0.101 e. The SMILES string of the molecule is CCCC[NH+](CCCC)CCO[C@@H]1C[C@@H]2CC[C@@]1(C)C2(C)C. The summed E-state index contributed by atoms with van der Waals surface area (Å²) in [6, 6.07) is 0. The molecule has 2 aliphatic rings. The van der Waals surface area contributed by atoms with Crippen LogP contribution in [0.3, 0.4) is 0 Å². The molecule has 2 bridgehead atoms. The Kier molecular flexibility index (Phi) is 6.36. The van der Waals surface area contributed by atoms with Crippen LogP contribution in [-0.2, 0) is 4.74 Å². The molecule has 0 radical (unpaired) electrons. The molecule has 0 aliphatic heterocycles. The van der Waals surface area contributed by atoms with Gasteiger partial charge in [0.1, 0.15) is 6.54 Å². The predicted molar refractivity (Wildman–Crippen MR) is 94.3 cm³/mol. The Morgan fingerprint density at radius 3 is 2.09 bits per heavy atom. The molecule has 2 heteroatoms. The molecule has 0 heterocycles. The second-order valence-electron chi connectivity index (χ2n) is 8.68. The monoisotopic (exact) mass is 310 g/mol. The van der Waals surface area contributed by atoms with Crippen molar-refractivity contribution in [2.45, 2.75) is 85.7 Å². The van der Waals surface area contributed by atoms with Crippen molar-refractivity contribution in [1.82, 2.24) is 0 Å². The highest BCUT2D eigenvalue weighted by molar-refractivity contribution is 5.11. The first-order chi connectivity index (χ1) is 10.5. The van der Waals surface area contributed by atoms with Crippen LogP contribution in [0.2, 0.25) is 0 Å². The van der Waals surface area contributed by atoms with Gasteiger partial charge in [0.05, 0.1) is 25.8 Å². The average molecular weight is 311 g/mol. The van der Waals surface area contributed by atoms with Crippen molar-refractivity contribution in [1.29, 1.82) is 0 Å². The number of hydrogen-bond acceptors (Lipinski definition) is 1. The molecular weight excluding hydrogens is 270 g/mol. The first-order valence-electron chi connectivity index (χ1n) is 9.90. The van der Waals surface area contributed by atoms with E-state index in [2.05, 4.69) is 34.6 Å². The van der Waals surface area contributed by atoms with E-state index in [1.165, 1.54) is 64.6 Å². The van der Waals surface area contributed by atoms with Crippen LogP contribution in [-0.4, -0.2) is 32.3 Å². The van der Waals surface area contributed by atoms with Crippen LogP contribution in [0, 0.1) is 16.7 Å². The van der Waals surface area contributed by atoms with E-state index in [0.717, 1.165) is 12.5 Å². The number of fused-ring (bicyclic) bond motifs is 2. The lowest BCUT2D eigenvalue weighted by Crippen LogP contribution is -3.12. The van der Waals surface area contributed by atoms with E-state index in [1.54, 1.807) is 4.90 Å². The Morgan fingerprint density at radius 1 is 1.00 bits per heavy atom. The summed E-state index contributed by atoms with van der Waals surface area (Å²) in [4.78, 5) is 1.76. The smallest absolute Gasteiger partial charge is 0.101 e. The lowest BCUT2D eigenvalue weighted by atomic mass is 9.70. The summed E-state index contributed by atoms with van der Waals surface area (Å²) in [7, 11) is 0. The van der Waals surface area contributed by atoms with E-state index >= 15 is 0 Å². The molecule has 3 atom stereocenters. The summed E-state index contributed by atoms with van der Waals surface area (Å²) >= 11 is 0. The van der Waals surface area contributed by atoms with Gasteiger partial charge in [-0.05, 0) is 48.9 Å². The predicted octanol–water partition coefficient (Wildman–Crippen LogP) is 3.70. The number of quaternary nitrogens is 1. The third-order valence-corrected chi connectivity index (χ3v) is 7.26. The first kappa shape index (κ1) is 18.3. The molecule has 2 fully saturated rings. The zero-order chi connectivity index (χ0) is 16.2. The van der Waals surface area contributed by atoms with Crippen molar-refractivity contribution in [2.24, 2.45) is 16.7 Å². The van der Waals surface area contributed by atoms with Crippen molar-refractivity contribution in [3.63, 3.8) is 0 Å². The van der Waals surface area contributed by atoms with Crippen LogP contribution < -0.4 is 4.90 Å². The lowest BCUT2D eigenvalue weighted by molar-refractivity contribution is -0.901. The summed E-state index contributed by atoms with van der Waals surface area (Å²) in [5, 5.41) is 0. The topological polar surface area (TPSA) is 13.7 Å². The molecule has 0 unspecified atom stereocenters. The molecule has 0 aromatic carbocycles. The minimum atomic E-state index is 0.421. The zero-order valence-electron chi connectivity index (χ0n) is 15.8. The van der Waals surface area contributed by atoms with Gasteiger partial charge >= 0.3 is 0 Å². The maximum atomic E-state index is 6.45. The lowest BCUT2D eigenvalue weighted by Gasteiger charge is -2.39. The zero-order valence-corrected chi connectivity index (χ0v) is 15.8. The second kappa shape index (κ2) is 7.66. The Balaban J connectivity index is 1.78. The Morgan fingerprint density at radius 2 is 1.64 bits per heavy atom. The molecule has 0 amide bonds. The minimum absolute atomic E-state index is 0.421. The van der Waals surface area contributed by atoms with E-state index < -0.39 is 0 Å². The largest absolute Gasteiger partial charge is 0.372 e. The maximum absolute atomic E-state index is 6.45. The van der Waals surface area contributed by atoms with Gasteiger partial charge in [0.25, 0.3) is 0 Å². The van der Waals surface area contributed by atoms with E-state index in [1.807, 2.05) is 0 Å². The van der Waals surface area contributed by atoms with Gasteiger partial charge < -0.3 is 9.64 Å². The third kappa shape index (κ3) is 3.53. The standard InChI is InChI=1S/C20H39NO/c1-6-8-12-21(13-9-7-2)14-15-22-18-16-17-10-11-20(18,5)19(17,3)4/h17-18H,6-16H2,1-5H3/p+1/t17-,18+,20+/m0/s1. The van der Waals surface area contributed by atoms with Gasteiger partial charge in [-0.3, -0.25) is 0 Å². The number of ether oxygens (including phenoxy) is 1. The van der Waals surface area contributed by atoms with Crippen molar-refractivity contribution in [3.8, 4) is 0 Å². The molecule has 1 N–H and O–H groups in total. The summed E-state index contributed by atoms with van der Waals surface area (Å²) < 4.78 is 6.45. The van der Waals surface area contributed by atoms with Crippen LogP contribution in [0.4, 0.5) is 0 Å². The van der Waals surface area contributed by atoms with Gasteiger partial charge in [-0.2, -0.15) is 0 Å². The van der Waals surface area contributed by atoms with Crippen LogP contribution in [0.1, 0.15) is 79.6 Å². The fourth-order valence-corrected chi connectivity index (χ4v) is 4.96. The molecule has 130 valence electrons. The highest BCUT2D eigenvalue weighted by Gasteiger charge is 2.61. The molecule has 2 saturated carbocycles. The Hall–Kier alpha value is -0.0800. The van der Waals surface area contributed by atoms with Gasteiger partial charge in [0.15, 0.2) is 0 Å². The Bertz CT molecular complexity index is 333. The van der Waals surface area contributed by atoms with Crippen LogP contribution >= 0.6 is 0 Å². The van der Waals surface area contributed by atoms with Crippen molar-refractivity contribution in [3.05, 3.63) is 0 Å². The summed E-state index contributed by atoms with van der Waals surface area (Å²) in [5.41, 5.74) is 0.902. The number of unbranched alkanes of at least 4 members (excludes halogenated alkanes) is 2. The van der Waals surface area contributed by atoms with Gasteiger partial charge in [0, 0.05) is 0 Å². The first-order valence-corrected chi connectivity index (χ1v) is 9.90. The van der Waals surface area contributed by atoms with Crippen LogP contribution in [0.25, 0.3) is 0 Å². The molecule has 0 aromatic rings. The number of rotatable bonds is 10. The summed E-state index contributed by atoms with van der Waals surface area (Å²) in [5.74, 6) is 0.895. The fourth-order valence-electron chi connectivity index (χ4n) is 4.96. The van der Waals surface area contributed by atoms with Gasteiger partial charge in [-0.15, -0.1) is 0 Å². The van der Waals surface area contributed by atoms with Crippen LogP contribution in [0.5, 0.6) is 0 Å². The third-order valence-electron chi connectivity index (χ3n) is 7.26. The van der Waals surface area contributed by atoms with Gasteiger partial charge in [-0.1, -0.05) is 47.5 Å². The number of nitrogens with one attached hydrogen (secondary N) is 1. The molecular formula is C20H40NO+. The number of hydrogen-bond donors (Lipinski definition) is 1. The molecule has 2 rings (SSSR count). The van der Waals surface area contributed by atoms with Crippen LogP contribution in [0.15, 0.2) is 0 Å². The summed E-state index contributed by atoms with van der Waals surface area (Å²) in [6.45, 7) is 16.9. The second-order valence-corrected chi connectivity index (χ2v) is 8.68. The highest BCUT2D eigenvalue weighted by Crippen LogP contribution is 2.66. The molecule has 0 aromatic heterocycles. The quantitative estimate of drug-likeness (QED) is 0.649. The van der Waals surface area contributed by atoms with Gasteiger partial charge in [-0.25, -0.2) is 0 Å². The molecule has 0 spiro atoms. The van der Waals surface area contributed by atoms with Crippen molar-refractivity contribution in [2.75, 3.05) is 26.2 Å². The van der Waals surface area contributed by atoms with E-state index in [4.69, 9.17) is 4.74 Å². The molecule has 2 nitrogen and oxygen atoms in total. The Labute approximate surface area is 139 Å². The fraction of sp³-hybridized carbons (Fsp3) is 1.00. The molecule has 2 aliphatic carbocycles. The van der Waals surface area contributed by atoms with E-state index in [0.29, 0.717) is 16.9 Å². The van der Waals surface area contributed by atoms with E-state index in [9.17, 15) is 0 Å². The minimum Gasteiger partial charge on any atom is -0.372 e. The van der Waals surface area contributed by atoms with Crippen molar-refractivity contribution < 1.29 is 9.64 Å². The average Bonchev–Trinajstić information content (AvgIpc) is 2.82. The molecule has 22 heavy (non-hydrogen) atoms. The van der Waals surface area contributed by atoms with Crippen molar-refractivity contribution >= 4 is 0 Å². The highest BCUT2D eigenvalue weighted by atomic mass is 16.5. The van der Waals surface area contributed by atoms with E-state index in [-0.39, 0.29) is 0 Å². The molecule has 0 saturated heterocycles. The summed E-state index contributed by atoms with van der Waals surface area (Å²) in [6.07, 6.45) is 9.96.